The average molecular weight is 113 g/mol. The molecular weight excluding hydrogens is 102 g/mol. The molecule has 0 radical (unpaired) electrons. The molecule has 2 fully saturated rings. The Morgan fingerprint density at radius 3 is 3.38 bits per heavy atom. The minimum Gasteiger partial charge on any atom is -0.302 e. The number of rotatable bonds is 0. The van der Waals surface area contributed by atoms with Crippen molar-refractivity contribution in [2.75, 3.05) is 19.8 Å². The number of nitrogens with one attached hydrogen (secondary N) is 2. The Labute approximate surface area is 49.0 Å². The van der Waals surface area contributed by atoms with Gasteiger partial charge in [-0.05, 0) is 6.42 Å². The standard InChI is InChI=1S/C5H11N3/c1-2-7-8-4-6-3-5(1)8/h5-7H,1-4H2. The van der Waals surface area contributed by atoms with Crippen LogP contribution in [0.15, 0.2) is 0 Å². The second kappa shape index (κ2) is 1.69. The molecule has 46 valence electrons. The van der Waals surface area contributed by atoms with E-state index in [0.29, 0.717) is 0 Å². The molecule has 0 spiro atoms. The SMILES string of the molecule is C1CC2CNCN2N1. The summed E-state index contributed by atoms with van der Waals surface area (Å²) in [4.78, 5) is 0. The maximum atomic E-state index is 3.29. The Hall–Kier alpha value is -0.120. The molecule has 0 aromatic rings. The van der Waals surface area contributed by atoms with Gasteiger partial charge in [0.25, 0.3) is 0 Å². The molecular formula is C5H11N3. The number of nitrogens with zero attached hydrogens (tertiary/aromatic N) is 1. The molecule has 2 heterocycles. The topological polar surface area (TPSA) is 27.3 Å². The first kappa shape index (κ1) is 4.73. The van der Waals surface area contributed by atoms with Gasteiger partial charge in [-0.15, -0.1) is 0 Å². The van der Waals surface area contributed by atoms with Gasteiger partial charge in [0, 0.05) is 19.1 Å². The minimum absolute atomic E-state index is 0.787. The predicted octanol–water partition coefficient (Wildman–Crippen LogP) is -0.874. The van der Waals surface area contributed by atoms with Crippen LogP contribution in [0.1, 0.15) is 6.42 Å². The Bertz CT molecular complexity index is 73.7. The van der Waals surface area contributed by atoms with Crippen molar-refractivity contribution in [2.45, 2.75) is 12.5 Å². The van der Waals surface area contributed by atoms with Crippen molar-refractivity contribution in [2.24, 2.45) is 0 Å². The van der Waals surface area contributed by atoms with Gasteiger partial charge in [-0.25, -0.2) is 5.01 Å². The zero-order valence-electron chi connectivity index (χ0n) is 4.85. The van der Waals surface area contributed by atoms with E-state index in [2.05, 4.69) is 15.8 Å². The summed E-state index contributed by atoms with van der Waals surface area (Å²) in [5, 5.41) is 5.57. The molecule has 0 aromatic heterocycles. The second-order valence-electron chi connectivity index (χ2n) is 2.43. The lowest BCUT2D eigenvalue weighted by molar-refractivity contribution is 0.243. The molecule has 3 heteroatoms. The average Bonchev–Trinajstić information content (AvgIpc) is 2.15. The monoisotopic (exact) mass is 113 g/mol. The highest BCUT2D eigenvalue weighted by atomic mass is 15.6. The molecule has 2 rings (SSSR count). The Morgan fingerprint density at radius 2 is 2.50 bits per heavy atom. The van der Waals surface area contributed by atoms with E-state index < -0.39 is 0 Å². The maximum Gasteiger partial charge on any atom is 0.0625 e. The number of hydrogen-bond donors (Lipinski definition) is 2. The molecule has 2 saturated heterocycles. The van der Waals surface area contributed by atoms with Crippen LogP contribution in [-0.2, 0) is 0 Å². The first-order valence-electron chi connectivity index (χ1n) is 3.18. The fraction of sp³-hybridized carbons (Fsp3) is 1.00. The van der Waals surface area contributed by atoms with Crippen LogP contribution >= 0.6 is 0 Å². The Morgan fingerprint density at radius 1 is 1.50 bits per heavy atom. The first-order valence-corrected chi connectivity index (χ1v) is 3.18. The highest BCUT2D eigenvalue weighted by Gasteiger charge is 2.27. The van der Waals surface area contributed by atoms with Gasteiger partial charge in [0.05, 0.1) is 6.67 Å². The fourth-order valence-electron chi connectivity index (χ4n) is 1.41. The summed E-state index contributed by atoms with van der Waals surface area (Å²) in [5.41, 5.74) is 3.29. The molecule has 2 aliphatic rings. The van der Waals surface area contributed by atoms with Crippen molar-refractivity contribution in [3.8, 4) is 0 Å². The predicted molar refractivity (Wildman–Crippen MR) is 31.1 cm³/mol. The lowest BCUT2D eigenvalue weighted by Crippen LogP contribution is -2.33. The molecule has 3 nitrogen and oxygen atoms in total. The maximum absolute atomic E-state index is 3.29. The number of hydrogen-bond acceptors (Lipinski definition) is 3. The fourth-order valence-corrected chi connectivity index (χ4v) is 1.41. The van der Waals surface area contributed by atoms with E-state index in [-0.39, 0.29) is 0 Å². The number of hydrazine groups is 1. The molecule has 0 amide bonds. The van der Waals surface area contributed by atoms with E-state index in [4.69, 9.17) is 0 Å². The normalized spacial score (nSPS) is 38.2. The quantitative estimate of drug-likeness (QED) is 0.427. The summed E-state index contributed by atoms with van der Waals surface area (Å²) in [6.45, 7) is 3.38. The Balaban J connectivity index is 2.04. The highest BCUT2D eigenvalue weighted by Crippen LogP contribution is 2.09. The summed E-state index contributed by atoms with van der Waals surface area (Å²) < 4.78 is 0. The van der Waals surface area contributed by atoms with Crippen LogP contribution < -0.4 is 10.7 Å². The van der Waals surface area contributed by atoms with Crippen LogP contribution in [-0.4, -0.2) is 30.8 Å². The molecule has 1 unspecified atom stereocenters. The van der Waals surface area contributed by atoms with Gasteiger partial charge in [0.2, 0.25) is 0 Å². The zero-order valence-corrected chi connectivity index (χ0v) is 4.85. The zero-order chi connectivity index (χ0) is 5.40. The summed E-state index contributed by atoms with van der Waals surface area (Å²) in [6.07, 6.45) is 1.31. The van der Waals surface area contributed by atoms with E-state index in [1.165, 1.54) is 19.5 Å². The summed E-state index contributed by atoms with van der Waals surface area (Å²) in [6, 6.07) is 0.787. The highest BCUT2D eigenvalue weighted by molar-refractivity contribution is 4.82. The van der Waals surface area contributed by atoms with Gasteiger partial charge in [0.1, 0.15) is 0 Å². The molecule has 1 atom stereocenters. The third-order valence-electron chi connectivity index (χ3n) is 1.90. The molecule has 0 saturated carbocycles. The van der Waals surface area contributed by atoms with Crippen LogP contribution in [0.25, 0.3) is 0 Å². The third-order valence-corrected chi connectivity index (χ3v) is 1.90. The van der Waals surface area contributed by atoms with E-state index >= 15 is 0 Å². The van der Waals surface area contributed by atoms with Crippen molar-refractivity contribution in [1.82, 2.24) is 15.8 Å². The van der Waals surface area contributed by atoms with Crippen LogP contribution in [0, 0.1) is 0 Å². The molecule has 2 N–H and O–H groups in total. The van der Waals surface area contributed by atoms with E-state index in [9.17, 15) is 0 Å². The van der Waals surface area contributed by atoms with Gasteiger partial charge in [-0.3, -0.25) is 5.43 Å². The van der Waals surface area contributed by atoms with Gasteiger partial charge in [0.15, 0.2) is 0 Å². The molecule has 2 aliphatic heterocycles. The molecule has 0 aliphatic carbocycles. The van der Waals surface area contributed by atoms with Crippen molar-refractivity contribution < 1.29 is 0 Å². The number of fused-ring (bicyclic) bond motifs is 1. The summed E-state index contributed by atoms with van der Waals surface area (Å²) >= 11 is 0. The smallest absolute Gasteiger partial charge is 0.0625 e. The van der Waals surface area contributed by atoms with E-state index in [1.807, 2.05) is 0 Å². The van der Waals surface area contributed by atoms with Gasteiger partial charge in [-0.1, -0.05) is 0 Å². The van der Waals surface area contributed by atoms with E-state index in [1.54, 1.807) is 0 Å². The van der Waals surface area contributed by atoms with Gasteiger partial charge in [-0.2, -0.15) is 0 Å². The summed E-state index contributed by atoms with van der Waals surface area (Å²) in [7, 11) is 0. The van der Waals surface area contributed by atoms with Gasteiger partial charge >= 0.3 is 0 Å². The van der Waals surface area contributed by atoms with E-state index in [0.717, 1.165) is 12.7 Å². The lowest BCUT2D eigenvalue weighted by atomic mass is 10.2. The molecule has 0 bridgehead atoms. The summed E-state index contributed by atoms with van der Waals surface area (Å²) in [5.74, 6) is 0. The first-order chi connectivity index (χ1) is 3.97. The van der Waals surface area contributed by atoms with Crippen molar-refractivity contribution >= 4 is 0 Å². The van der Waals surface area contributed by atoms with Crippen LogP contribution in [0.3, 0.4) is 0 Å². The van der Waals surface area contributed by atoms with Crippen molar-refractivity contribution in [1.29, 1.82) is 0 Å². The molecule has 8 heavy (non-hydrogen) atoms. The van der Waals surface area contributed by atoms with Crippen LogP contribution in [0.2, 0.25) is 0 Å². The molecule has 0 aromatic carbocycles. The minimum atomic E-state index is 0.787. The third kappa shape index (κ3) is 0.555. The van der Waals surface area contributed by atoms with Gasteiger partial charge < -0.3 is 5.32 Å². The van der Waals surface area contributed by atoms with Crippen molar-refractivity contribution in [3.05, 3.63) is 0 Å². The van der Waals surface area contributed by atoms with Crippen LogP contribution in [0.5, 0.6) is 0 Å². The largest absolute Gasteiger partial charge is 0.302 e. The van der Waals surface area contributed by atoms with Crippen molar-refractivity contribution in [3.63, 3.8) is 0 Å². The van der Waals surface area contributed by atoms with Crippen LogP contribution in [0.4, 0.5) is 0 Å². The lowest BCUT2D eigenvalue weighted by Gasteiger charge is -2.10. The Kier molecular flexibility index (Phi) is 0.997. The second-order valence-corrected chi connectivity index (χ2v) is 2.43.